The number of carbonyl (C=O) groups excluding carboxylic acids is 3. The average molecular weight is 489 g/mol. The van der Waals surface area contributed by atoms with Crippen LogP contribution in [0.1, 0.15) is 22.3 Å². The van der Waals surface area contributed by atoms with E-state index in [1.54, 1.807) is 55.6 Å². The first-order valence-corrected chi connectivity index (χ1v) is 11.2. The van der Waals surface area contributed by atoms with E-state index in [2.05, 4.69) is 21.2 Å². The molecule has 0 aliphatic heterocycles. The number of nitrogens with zero attached hydrogens (tertiary/aromatic N) is 1. The molecule has 0 heterocycles. The van der Waals surface area contributed by atoms with E-state index < -0.39 is 11.8 Å². The van der Waals surface area contributed by atoms with Gasteiger partial charge in [0.25, 0.3) is 5.91 Å². The van der Waals surface area contributed by atoms with Crippen LogP contribution in [0.2, 0.25) is 0 Å². The zero-order chi connectivity index (χ0) is 25.9. The van der Waals surface area contributed by atoms with Gasteiger partial charge in [-0.2, -0.15) is 5.10 Å². The number of anilines is 1. The summed E-state index contributed by atoms with van der Waals surface area (Å²) in [7, 11) is 1.57. The van der Waals surface area contributed by atoms with Crippen molar-refractivity contribution < 1.29 is 23.9 Å². The Bertz CT molecular complexity index is 1260. The third-order valence-corrected chi connectivity index (χ3v) is 5.13. The molecule has 9 heteroatoms. The van der Waals surface area contributed by atoms with Crippen LogP contribution in [-0.2, 0) is 20.9 Å². The van der Waals surface area contributed by atoms with Gasteiger partial charge >= 0.3 is 11.8 Å². The summed E-state index contributed by atoms with van der Waals surface area (Å²) in [5.41, 5.74) is 6.24. The second-order valence-corrected chi connectivity index (χ2v) is 7.92. The van der Waals surface area contributed by atoms with Gasteiger partial charge in [0.1, 0.15) is 11.5 Å². The highest BCUT2D eigenvalue weighted by molar-refractivity contribution is 6.35. The first kappa shape index (κ1) is 26.0. The number of rotatable bonds is 9. The largest absolute Gasteiger partial charge is 0.497 e. The minimum absolute atomic E-state index is 0.181. The Hall–Kier alpha value is -4.66. The molecule has 3 rings (SSSR count). The zero-order valence-electron chi connectivity index (χ0n) is 20.3. The number of hydrazone groups is 1. The molecule has 0 spiro atoms. The lowest BCUT2D eigenvalue weighted by Crippen LogP contribution is -2.37. The zero-order valence-corrected chi connectivity index (χ0v) is 20.3. The van der Waals surface area contributed by atoms with E-state index in [9.17, 15) is 14.4 Å². The number of nitrogens with one attached hydrogen (secondary N) is 3. The van der Waals surface area contributed by atoms with Crippen LogP contribution in [0.5, 0.6) is 11.5 Å². The SMILES string of the molecule is COc1ccc(CNC(=O)C(=O)N/N=C\c2ccccc2OCC(=O)Nc2cc(C)ccc2C)cc1. The number of para-hydroxylation sites is 1. The van der Waals surface area contributed by atoms with Gasteiger partial charge in [-0.15, -0.1) is 0 Å². The molecule has 0 radical (unpaired) electrons. The van der Waals surface area contributed by atoms with Crippen molar-refractivity contribution in [2.75, 3.05) is 19.0 Å². The van der Waals surface area contributed by atoms with E-state index in [1.165, 1.54) is 6.21 Å². The highest BCUT2D eigenvalue weighted by atomic mass is 16.5. The van der Waals surface area contributed by atoms with Gasteiger partial charge in [0.05, 0.1) is 13.3 Å². The van der Waals surface area contributed by atoms with Crippen molar-refractivity contribution in [2.24, 2.45) is 5.10 Å². The molecule has 3 aromatic carbocycles. The molecule has 3 amide bonds. The second-order valence-electron chi connectivity index (χ2n) is 7.92. The maximum Gasteiger partial charge on any atom is 0.329 e. The number of amides is 3. The number of ether oxygens (including phenoxy) is 2. The second kappa shape index (κ2) is 12.7. The van der Waals surface area contributed by atoms with Crippen molar-refractivity contribution in [1.29, 1.82) is 0 Å². The van der Waals surface area contributed by atoms with Gasteiger partial charge in [0.15, 0.2) is 6.61 Å². The van der Waals surface area contributed by atoms with Crippen molar-refractivity contribution in [3.8, 4) is 11.5 Å². The molecule has 0 unspecified atom stereocenters. The summed E-state index contributed by atoms with van der Waals surface area (Å²) >= 11 is 0. The predicted octanol–water partition coefficient (Wildman–Crippen LogP) is 3.10. The van der Waals surface area contributed by atoms with Crippen LogP contribution in [0.15, 0.2) is 71.8 Å². The smallest absolute Gasteiger partial charge is 0.329 e. The molecule has 0 fully saturated rings. The third-order valence-electron chi connectivity index (χ3n) is 5.13. The highest BCUT2D eigenvalue weighted by Crippen LogP contribution is 2.18. The van der Waals surface area contributed by atoms with Gasteiger partial charge in [-0.1, -0.05) is 36.4 Å². The van der Waals surface area contributed by atoms with E-state index in [-0.39, 0.29) is 19.1 Å². The maximum atomic E-state index is 12.4. The summed E-state index contributed by atoms with van der Waals surface area (Å²) in [6.45, 7) is 3.83. The molecule has 0 aromatic heterocycles. The summed E-state index contributed by atoms with van der Waals surface area (Å²) in [6.07, 6.45) is 1.34. The minimum atomic E-state index is -0.911. The number of aryl methyl sites for hydroxylation is 2. The molecule has 0 aliphatic carbocycles. The van der Waals surface area contributed by atoms with Crippen molar-refractivity contribution >= 4 is 29.6 Å². The van der Waals surface area contributed by atoms with E-state index >= 15 is 0 Å². The van der Waals surface area contributed by atoms with E-state index in [1.807, 2.05) is 32.0 Å². The summed E-state index contributed by atoms with van der Waals surface area (Å²) in [5.74, 6) is -0.946. The Morgan fingerprint density at radius 2 is 1.69 bits per heavy atom. The van der Waals surface area contributed by atoms with Crippen molar-refractivity contribution in [3.63, 3.8) is 0 Å². The van der Waals surface area contributed by atoms with Crippen LogP contribution in [0.25, 0.3) is 0 Å². The van der Waals surface area contributed by atoms with Gasteiger partial charge in [-0.05, 0) is 60.9 Å². The lowest BCUT2D eigenvalue weighted by Gasteiger charge is -2.11. The minimum Gasteiger partial charge on any atom is -0.497 e. The molecule has 3 aromatic rings. The first-order chi connectivity index (χ1) is 17.4. The number of carbonyl (C=O) groups is 3. The molecule has 9 nitrogen and oxygen atoms in total. The van der Waals surface area contributed by atoms with Gasteiger partial charge in [-0.25, -0.2) is 5.43 Å². The normalized spacial score (nSPS) is 10.5. The van der Waals surface area contributed by atoms with Crippen LogP contribution in [0.3, 0.4) is 0 Å². The fraction of sp³-hybridized carbons (Fsp3) is 0.185. The standard InChI is InChI=1S/C27H28N4O5/c1-18-8-9-19(2)23(14-18)30-25(32)17-36-24-7-5-4-6-21(24)16-29-31-27(34)26(33)28-15-20-10-12-22(35-3)13-11-20/h4-14,16H,15,17H2,1-3H3,(H,28,33)(H,30,32)(H,31,34)/b29-16-. The monoisotopic (exact) mass is 488 g/mol. The fourth-order valence-corrected chi connectivity index (χ4v) is 3.14. The molecule has 0 saturated heterocycles. The summed E-state index contributed by atoms with van der Waals surface area (Å²) in [4.78, 5) is 36.4. The van der Waals surface area contributed by atoms with E-state index in [4.69, 9.17) is 9.47 Å². The summed E-state index contributed by atoms with van der Waals surface area (Å²) < 4.78 is 10.7. The van der Waals surface area contributed by atoms with Crippen molar-refractivity contribution in [3.05, 3.63) is 89.0 Å². The Balaban J connectivity index is 1.49. The molecule has 186 valence electrons. The Labute approximate surface area is 209 Å². The van der Waals surface area contributed by atoms with Crippen LogP contribution >= 0.6 is 0 Å². The summed E-state index contributed by atoms with van der Waals surface area (Å²) in [6, 6.07) is 19.8. The predicted molar refractivity (Wildman–Crippen MR) is 137 cm³/mol. The van der Waals surface area contributed by atoms with Gasteiger partial charge in [0, 0.05) is 17.8 Å². The Kier molecular flexibility index (Phi) is 9.16. The van der Waals surface area contributed by atoms with Gasteiger partial charge in [-0.3, -0.25) is 14.4 Å². The number of benzene rings is 3. The highest BCUT2D eigenvalue weighted by Gasteiger charge is 2.12. The number of methoxy groups -OCH3 is 1. The van der Waals surface area contributed by atoms with Crippen LogP contribution in [-0.4, -0.2) is 37.7 Å². The molecule has 36 heavy (non-hydrogen) atoms. The van der Waals surface area contributed by atoms with Crippen LogP contribution < -0.4 is 25.5 Å². The van der Waals surface area contributed by atoms with E-state index in [0.717, 1.165) is 22.4 Å². The molecular weight excluding hydrogens is 460 g/mol. The maximum absolute atomic E-state index is 12.4. The lowest BCUT2D eigenvalue weighted by atomic mass is 10.1. The molecule has 0 saturated carbocycles. The number of hydrogen-bond acceptors (Lipinski definition) is 6. The molecular formula is C27H28N4O5. The lowest BCUT2D eigenvalue weighted by molar-refractivity contribution is -0.139. The van der Waals surface area contributed by atoms with Gasteiger partial charge < -0.3 is 20.1 Å². The van der Waals surface area contributed by atoms with Crippen molar-refractivity contribution in [2.45, 2.75) is 20.4 Å². The molecule has 3 N–H and O–H groups in total. The molecule has 0 bridgehead atoms. The Morgan fingerprint density at radius 1 is 0.944 bits per heavy atom. The molecule has 0 aliphatic rings. The van der Waals surface area contributed by atoms with E-state index in [0.29, 0.717) is 17.1 Å². The topological polar surface area (TPSA) is 118 Å². The number of hydrogen-bond donors (Lipinski definition) is 3. The third kappa shape index (κ3) is 7.69. The quantitative estimate of drug-likeness (QED) is 0.243. The average Bonchev–Trinajstić information content (AvgIpc) is 2.89. The first-order valence-electron chi connectivity index (χ1n) is 11.2. The fourth-order valence-electron chi connectivity index (χ4n) is 3.14. The van der Waals surface area contributed by atoms with Gasteiger partial charge in [0.2, 0.25) is 0 Å². The Morgan fingerprint density at radius 3 is 2.44 bits per heavy atom. The van der Waals surface area contributed by atoms with Crippen molar-refractivity contribution in [1.82, 2.24) is 10.7 Å². The van der Waals surface area contributed by atoms with Crippen LogP contribution in [0, 0.1) is 13.8 Å². The molecule has 0 atom stereocenters. The van der Waals surface area contributed by atoms with Crippen LogP contribution in [0.4, 0.5) is 5.69 Å². The summed E-state index contributed by atoms with van der Waals surface area (Å²) in [5, 5.41) is 9.19.